The number of carbonyl (C=O) groups is 2. The van der Waals surface area contributed by atoms with Gasteiger partial charge in [-0.05, 0) is 98.8 Å². The number of amides is 2. The summed E-state index contributed by atoms with van der Waals surface area (Å²) in [5.41, 5.74) is -14.7. The van der Waals surface area contributed by atoms with Crippen LogP contribution in [0.3, 0.4) is 0 Å². The van der Waals surface area contributed by atoms with Crippen LogP contribution in [0.15, 0.2) is 69.6 Å². The van der Waals surface area contributed by atoms with Crippen LogP contribution in [0.5, 0.6) is 11.5 Å². The van der Waals surface area contributed by atoms with Gasteiger partial charge in [0.2, 0.25) is 0 Å². The predicted molar refractivity (Wildman–Crippen MR) is 216 cm³/mol. The molecule has 0 aliphatic carbocycles. The van der Waals surface area contributed by atoms with E-state index < -0.39 is 132 Å². The molecule has 0 radical (unpaired) electrons. The number of carbonyl (C=O) groups excluding carboxylic acids is 2. The third-order valence-electron chi connectivity index (χ3n) is 8.73. The molecule has 0 bridgehead atoms. The fourth-order valence-electron chi connectivity index (χ4n) is 5.53. The molecule has 0 atom stereocenters. The van der Waals surface area contributed by atoms with E-state index in [9.17, 15) is 97.4 Å². The zero-order valence-electron chi connectivity index (χ0n) is 33.5. The standard InChI is InChI=1S/C21H17BrF10N2O2S.C17H9BrF10N2O2/c1-37-7-3-6-33-13-5-2-4-11(15(13)23)17(35)34-16-12(22)8-10(9-14(16)36-18(24)25)19(26,20(27,28)29)21(30,31)32;18-8-4-6(15(22,16(23,24)25)17(26,27)28)5-10(32-14(20)21)12(8)30-13(31)7-2-1-3-9(29)11(7)19/h2,4-5,8-9,18,33H,3,6-7H2,1H3,(H,34,35);1-5,14H,29H2,(H,30,31). The topological polar surface area (TPSA) is 115 Å². The first-order valence-electron chi connectivity index (χ1n) is 17.9. The van der Waals surface area contributed by atoms with Crippen LogP contribution in [0, 0.1) is 11.6 Å². The Hall–Kier alpha value is -5.07. The maximum atomic E-state index is 14.8. The van der Waals surface area contributed by atoms with E-state index in [0.717, 1.165) is 30.0 Å². The van der Waals surface area contributed by atoms with Crippen LogP contribution in [0.4, 0.5) is 111 Å². The van der Waals surface area contributed by atoms with Gasteiger partial charge in [0.05, 0.1) is 33.9 Å². The third-order valence-corrected chi connectivity index (χ3v) is 10.7. The zero-order chi connectivity index (χ0) is 52.8. The van der Waals surface area contributed by atoms with Crippen molar-refractivity contribution in [2.75, 3.05) is 40.2 Å². The van der Waals surface area contributed by atoms with Crippen LogP contribution in [-0.4, -0.2) is 68.3 Å². The summed E-state index contributed by atoms with van der Waals surface area (Å²) < 4.78 is 272. The molecule has 4 rings (SSSR count). The summed E-state index contributed by atoms with van der Waals surface area (Å²) >= 11 is 6.58. The van der Waals surface area contributed by atoms with Crippen LogP contribution in [-0.2, 0) is 11.3 Å². The molecular formula is C38H26Br2F20N4O4S. The summed E-state index contributed by atoms with van der Waals surface area (Å²) in [4.78, 5) is 24.9. The van der Waals surface area contributed by atoms with Gasteiger partial charge in [0.25, 0.3) is 11.8 Å². The monoisotopic (exact) mass is 1170 g/mol. The molecule has 0 saturated heterocycles. The second kappa shape index (κ2) is 22.3. The van der Waals surface area contributed by atoms with Crippen LogP contribution in [0.2, 0.25) is 0 Å². The van der Waals surface area contributed by atoms with Crippen LogP contribution in [0.25, 0.3) is 0 Å². The summed E-state index contributed by atoms with van der Waals surface area (Å²) in [5, 5.41) is 6.45. The van der Waals surface area contributed by atoms with Gasteiger partial charge in [-0.1, -0.05) is 12.1 Å². The fourth-order valence-corrected chi connectivity index (χ4v) is 7.04. The smallest absolute Gasteiger partial charge is 0.433 e. The fraction of sp³-hybridized carbons (Fsp3) is 0.316. The number of hydrogen-bond donors (Lipinski definition) is 4. The Bertz CT molecular complexity index is 2440. The Kier molecular flexibility index (Phi) is 18.9. The number of anilines is 4. The van der Waals surface area contributed by atoms with E-state index in [2.05, 4.69) is 46.7 Å². The first kappa shape index (κ1) is 58.2. The average Bonchev–Trinajstić information content (AvgIpc) is 3.20. The lowest BCUT2D eigenvalue weighted by molar-refractivity contribution is -0.349. The number of benzene rings is 4. The van der Waals surface area contributed by atoms with E-state index in [1.807, 2.05) is 11.6 Å². The molecular weight excluding hydrogens is 1150 g/mol. The summed E-state index contributed by atoms with van der Waals surface area (Å²) in [5.74, 6) is -7.13. The van der Waals surface area contributed by atoms with Gasteiger partial charge in [-0.3, -0.25) is 9.59 Å². The zero-order valence-corrected chi connectivity index (χ0v) is 37.5. The normalized spacial score (nSPS) is 12.7. The second-order valence-electron chi connectivity index (χ2n) is 13.3. The van der Waals surface area contributed by atoms with E-state index >= 15 is 0 Å². The number of nitrogens with one attached hydrogen (secondary N) is 3. The quantitative estimate of drug-likeness (QED) is 0.0532. The molecule has 4 aromatic rings. The van der Waals surface area contributed by atoms with Gasteiger partial charge in [0.15, 0.2) is 23.1 Å². The lowest BCUT2D eigenvalue weighted by atomic mass is 9.93. The van der Waals surface area contributed by atoms with Gasteiger partial charge in [-0.15, -0.1) is 0 Å². The average molecular weight is 1170 g/mol. The van der Waals surface area contributed by atoms with Gasteiger partial charge < -0.3 is 31.2 Å². The Balaban J connectivity index is 0.000000369. The minimum Gasteiger partial charge on any atom is -0.433 e. The van der Waals surface area contributed by atoms with Gasteiger partial charge in [-0.2, -0.15) is 82.0 Å². The number of halogens is 22. The maximum Gasteiger partial charge on any atom is 0.435 e. The molecule has 0 aliphatic heterocycles. The van der Waals surface area contributed by atoms with Crippen LogP contribution < -0.4 is 31.2 Å². The largest absolute Gasteiger partial charge is 0.435 e. The molecule has 2 amide bonds. The Labute approximate surface area is 394 Å². The van der Waals surface area contributed by atoms with Crippen molar-refractivity contribution in [3.63, 3.8) is 0 Å². The lowest BCUT2D eigenvalue weighted by Gasteiger charge is -2.31. The molecule has 0 fully saturated rings. The molecule has 382 valence electrons. The molecule has 0 unspecified atom stereocenters. The number of nitrogen functional groups attached to an aromatic ring is 1. The van der Waals surface area contributed by atoms with E-state index in [-0.39, 0.29) is 30.0 Å². The highest BCUT2D eigenvalue weighted by Gasteiger charge is 2.74. The number of alkyl halides is 18. The highest BCUT2D eigenvalue weighted by atomic mass is 79.9. The van der Waals surface area contributed by atoms with Crippen molar-refractivity contribution in [3.8, 4) is 11.5 Å². The number of rotatable bonds is 15. The van der Waals surface area contributed by atoms with E-state index in [0.29, 0.717) is 13.0 Å². The highest BCUT2D eigenvalue weighted by Crippen LogP contribution is 2.56. The Morgan fingerprint density at radius 2 is 1.00 bits per heavy atom. The summed E-state index contributed by atoms with van der Waals surface area (Å²) in [7, 11) is 0. The SMILES string of the molecule is CSCCCNc1cccc(C(=O)Nc2c(Br)cc(C(F)(C(F)(F)F)C(F)(F)F)cc2OC(F)F)c1F.Nc1cccc(C(=O)Nc2c(Br)cc(C(F)(C(F)(F)F)C(F)(F)F)cc2OC(F)F)c1F. The minimum atomic E-state index is -6.54. The van der Waals surface area contributed by atoms with Crippen molar-refractivity contribution in [2.24, 2.45) is 0 Å². The van der Waals surface area contributed by atoms with Crippen molar-refractivity contribution in [1.82, 2.24) is 0 Å². The number of ether oxygens (including phenoxy) is 2. The third kappa shape index (κ3) is 13.2. The van der Waals surface area contributed by atoms with Gasteiger partial charge in [-0.25, -0.2) is 17.6 Å². The van der Waals surface area contributed by atoms with E-state index in [1.54, 1.807) is 17.1 Å². The first-order valence-corrected chi connectivity index (χ1v) is 20.9. The molecule has 0 aliphatic rings. The van der Waals surface area contributed by atoms with Crippen LogP contribution in [0.1, 0.15) is 38.3 Å². The Morgan fingerprint density at radius 3 is 1.36 bits per heavy atom. The molecule has 0 saturated carbocycles. The van der Waals surface area contributed by atoms with Gasteiger partial charge in [0, 0.05) is 26.6 Å². The molecule has 0 spiro atoms. The summed E-state index contributed by atoms with van der Waals surface area (Å²) in [6.45, 7) is -7.26. The first-order chi connectivity index (χ1) is 31.5. The highest BCUT2D eigenvalue weighted by molar-refractivity contribution is 9.11. The molecule has 0 heterocycles. The lowest BCUT2D eigenvalue weighted by Crippen LogP contribution is -2.50. The van der Waals surface area contributed by atoms with Crippen molar-refractivity contribution < 1.29 is 107 Å². The van der Waals surface area contributed by atoms with Crippen molar-refractivity contribution in [3.05, 3.63) is 103 Å². The molecule has 4 aromatic carbocycles. The van der Waals surface area contributed by atoms with Crippen molar-refractivity contribution >= 4 is 78.2 Å². The maximum absolute atomic E-state index is 14.8. The number of hydrogen-bond acceptors (Lipinski definition) is 7. The van der Waals surface area contributed by atoms with Crippen molar-refractivity contribution in [2.45, 2.75) is 55.7 Å². The van der Waals surface area contributed by atoms with Crippen molar-refractivity contribution in [1.29, 1.82) is 0 Å². The van der Waals surface area contributed by atoms with E-state index in [1.165, 1.54) is 12.1 Å². The predicted octanol–water partition coefficient (Wildman–Crippen LogP) is 14.2. The summed E-state index contributed by atoms with van der Waals surface area (Å²) in [6.07, 6.45) is -23.6. The molecule has 31 heteroatoms. The van der Waals surface area contributed by atoms with Gasteiger partial charge >= 0.3 is 49.3 Å². The minimum absolute atomic E-state index is 0.00496. The molecule has 0 aromatic heterocycles. The van der Waals surface area contributed by atoms with E-state index in [4.69, 9.17) is 5.73 Å². The second-order valence-corrected chi connectivity index (χ2v) is 16.0. The number of thioether (sulfide) groups is 1. The Morgan fingerprint density at radius 1 is 0.623 bits per heavy atom. The van der Waals surface area contributed by atoms with Gasteiger partial charge in [0.1, 0.15) is 0 Å². The molecule has 5 N–H and O–H groups in total. The number of nitrogens with two attached hydrogens (primary N) is 1. The molecule has 69 heavy (non-hydrogen) atoms. The summed E-state index contributed by atoms with van der Waals surface area (Å²) in [6, 6.07) is 6.05. The molecule has 8 nitrogen and oxygen atoms in total. The van der Waals surface area contributed by atoms with Crippen LogP contribution >= 0.6 is 43.6 Å².